The highest BCUT2D eigenvalue weighted by atomic mass is 32.1. The molecule has 0 aliphatic heterocycles. The molecule has 0 saturated heterocycles. The van der Waals surface area contributed by atoms with Gasteiger partial charge in [0.1, 0.15) is 12.2 Å². The number of thiazole rings is 1. The number of benzene rings is 1. The van der Waals surface area contributed by atoms with E-state index < -0.39 is 0 Å². The molecular formula is C16H17N3OS. The van der Waals surface area contributed by atoms with Gasteiger partial charge in [0.2, 0.25) is 0 Å². The van der Waals surface area contributed by atoms with E-state index in [-0.39, 0.29) is 12.5 Å². The first-order valence-corrected chi connectivity index (χ1v) is 7.77. The van der Waals surface area contributed by atoms with Crippen molar-refractivity contribution < 1.29 is 4.79 Å². The van der Waals surface area contributed by atoms with Gasteiger partial charge in [0.05, 0.1) is 11.1 Å². The molecule has 0 spiro atoms. The summed E-state index contributed by atoms with van der Waals surface area (Å²) in [5.74, 6) is -0.158. The molecule has 0 radical (unpaired) electrons. The van der Waals surface area contributed by atoms with Gasteiger partial charge in [0.15, 0.2) is 0 Å². The minimum Gasteiger partial charge on any atom is -0.324 e. The first-order chi connectivity index (χ1) is 10.2. The molecule has 1 aromatic carbocycles. The number of rotatable bonds is 6. The van der Waals surface area contributed by atoms with E-state index in [1.807, 2.05) is 43.3 Å². The molecule has 0 aliphatic carbocycles. The highest BCUT2D eigenvalue weighted by Gasteiger charge is 2.17. The lowest BCUT2D eigenvalue weighted by molar-refractivity contribution is 0.0771. The van der Waals surface area contributed by atoms with E-state index in [4.69, 9.17) is 5.26 Å². The third kappa shape index (κ3) is 4.14. The Hall–Kier alpha value is -2.19. The molecule has 0 saturated carbocycles. The molecule has 21 heavy (non-hydrogen) atoms. The number of amides is 1. The lowest BCUT2D eigenvalue weighted by atomic mass is 10.2. The molecule has 0 atom stereocenters. The molecule has 1 amide bonds. The van der Waals surface area contributed by atoms with Crippen molar-refractivity contribution in [2.24, 2.45) is 0 Å². The van der Waals surface area contributed by atoms with Crippen molar-refractivity contribution in [3.8, 4) is 6.07 Å². The third-order valence-electron chi connectivity index (χ3n) is 3.01. The van der Waals surface area contributed by atoms with Crippen LogP contribution in [0.25, 0.3) is 0 Å². The Balaban J connectivity index is 2.08. The summed E-state index contributed by atoms with van der Waals surface area (Å²) in [6, 6.07) is 12.1. The fourth-order valence-electron chi connectivity index (χ4n) is 2.03. The Morgan fingerprint density at radius 2 is 2.14 bits per heavy atom. The average Bonchev–Trinajstić information content (AvgIpc) is 2.96. The van der Waals surface area contributed by atoms with E-state index >= 15 is 0 Å². The molecule has 2 aromatic rings. The van der Waals surface area contributed by atoms with Crippen LogP contribution in [0.15, 0.2) is 35.7 Å². The summed E-state index contributed by atoms with van der Waals surface area (Å²) in [6.07, 6.45) is 1.55. The minimum atomic E-state index is -0.158. The molecule has 0 fully saturated rings. The minimum absolute atomic E-state index is 0.109. The second-order valence-corrected chi connectivity index (χ2v) is 5.62. The third-order valence-corrected chi connectivity index (χ3v) is 3.86. The normalized spacial score (nSPS) is 10.1. The number of aromatic nitrogens is 1. The Bertz CT molecular complexity index is 630. The molecular weight excluding hydrogens is 282 g/mol. The summed E-state index contributed by atoms with van der Waals surface area (Å²) in [5, 5.41) is 11.5. The predicted octanol–water partition coefficient (Wildman–Crippen LogP) is 3.11. The van der Waals surface area contributed by atoms with Crippen molar-refractivity contribution in [2.45, 2.75) is 19.8 Å². The van der Waals surface area contributed by atoms with Crippen molar-refractivity contribution in [2.75, 3.05) is 13.1 Å². The highest BCUT2D eigenvalue weighted by Crippen LogP contribution is 2.16. The van der Waals surface area contributed by atoms with Crippen molar-refractivity contribution in [3.63, 3.8) is 0 Å². The Morgan fingerprint density at radius 3 is 2.81 bits per heavy atom. The van der Waals surface area contributed by atoms with E-state index in [2.05, 4.69) is 4.98 Å². The smallest absolute Gasteiger partial charge is 0.274 e. The van der Waals surface area contributed by atoms with Crippen LogP contribution in [-0.4, -0.2) is 28.9 Å². The van der Waals surface area contributed by atoms with Gasteiger partial charge in [-0.05, 0) is 12.0 Å². The van der Waals surface area contributed by atoms with Crippen molar-refractivity contribution in [3.05, 3.63) is 52.0 Å². The van der Waals surface area contributed by atoms with Crippen LogP contribution in [0.1, 0.15) is 34.4 Å². The predicted molar refractivity (Wildman–Crippen MR) is 83.2 cm³/mol. The van der Waals surface area contributed by atoms with Crippen LogP contribution in [0.5, 0.6) is 0 Å². The quantitative estimate of drug-likeness (QED) is 0.770. The topological polar surface area (TPSA) is 57.0 Å². The summed E-state index contributed by atoms with van der Waals surface area (Å²) in [5.41, 5.74) is 1.61. The monoisotopic (exact) mass is 299 g/mol. The molecule has 108 valence electrons. The SMILES string of the molecule is CCCN(CC#N)C(=O)c1csc(Cc2ccccc2)n1. The second-order valence-electron chi connectivity index (χ2n) is 4.67. The maximum absolute atomic E-state index is 12.3. The lowest BCUT2D eigenvalue weighted by Gasteiger charge is -2.16. The van der Waals surface area contributed by atoms with Crippen LogP contribution in [0.3, 0.4) is 0 Å². The van der Waals surface area contributed by atoms with Gasteiger partial charge in [-0.3, -0.25) is 4.79 Å². The molecule has 0 aliphatic rings. The molecule has 4 nitrogen and oxygen atoms in total. The average molecular weight is 299 g/mol. The van der Waals surface area contributed by atoms with E-state index in [0.717, 1.165) is 17.8 Å². The maximum Gasteiger partial charge on any atom is 0.274 e. The molecule has 2 rings (SSSR count). The Kier molecular flexibility index (Phi) is 5.47. The van der Waals surface area contributed by atoms with Gasteiger partial charge in [-0.2, -0.15) is 5.26 Å². The zero-order valence-corrected chi connectivity index (χ0v) is 12.8. The zero-order chi connectivity index (χ0) is 15.1. The first kappa shape index (κ1) is 15.2. The lowest BCUT2D eigenvalue weighted by Crippen LogP contribution is -2.32. The van der Waals surface area contributed by atoms with E-state index in [9.17, 15) is 4.79 Å². The van der Waals surface area contributed by atoms with Crippen molar-refractivity contribution in [1.29, 1.82) is 5.26 Å². The van der Waals surface area contributed by atoms with E-state index in [0.29, 0.717) is 12.2 Å². The summed E-state index contributed by atoms with van der Waals surface area (Å²) in [4.78, 5) is 18.3. The fourth-order valence-corrected chi connectivity index (χ4v) is 2.83. The Labute approximate surface area is 128 Å². The molecule has 1 aromatic heterocycles. The maximum atomic E-state index is 12.3. The van der Waals surface area contributed by atoms with Gasteiger partial charge in [-0.25, -0.2) is 4.98 Å². The van der Waals surface area contributed by atoms with Gasteiger partial charge in [0.25, 0.3) is 5.91 Å². The molecule has 1 heterocycles. The van der Waals surface area contributed by atoms with E-state index in [1.54, 1.807) is 10.3 Å². The number of carbonyl (C=O) groups excluding carboxylic acids is 1. The zero-order valence-electron chi connectivity index (χ0n) is 12.0. The van der Waals surface area contributed by atoms with Crippen LogP contribution < -0.4 is 0 Å². The van der Waals surface area contributed by atoms with Gasteiger partial charge in [-0.1, -0.05) is 37.3 Å². The van der Waals surface area contributed by atoms with Gasteiger partial charge < -0.3 is 4.90 Å². The number of nitrogens with zero attached hydrogens (tertiary/aromatic N) is 3. The second kappa shape index (κ2) is 7.55. The van der Waals surface area contributed by atoms with Crippen LogP contribution in [0.4, 0.5) is 0 Å². The molecule has 0 N–H and O–H groups in total. The molecule has 0 unspecified atom stereocenters. The number of nitriles is 1. The Morgan fingerprint density at radius 1 is 1.38 bits per heavy atom. The van der Waals surface area contributed by atoms with Crippen molar-refractivity contribution >= 4 is 17.2 Å². The fraction of sp³-hybridized carbons (Fsp3) is 0.312. The number of hydrogen-bond donors (Lipinski definition) is 0. The standard InChI is InChI=1S/C16H17N3OS/c1-2-9-19(10-8-17)16(20)14-12-21-15(18-14)11-13-6-4-3-5-7-13/h3-7,12H,2,9-11H2,1H3. The highest BCUT2D eigenvalue weighted by molar-refractivity contribution is 7.09. The van der Waals surface area contributed by atoms with Gasteiger partial charge in [-0.15, -0.1) is 11.3 Å². The van der Waals surface area contributed by atoms with E-state index in [1.165, 1.54) is 16.9 Å². The molecule has 0 bridgehead atoms. The van der Waals surface area contributed by atoms with Gasteiger partial charge in [0, 0.05) is 18.3 Å². The largest absolute Gasteiger partial charge is 0.324 e. The summed E-state index contributed by atoms with van der Waals surface area (Å²) in [7, 11) is 0. The van der Waals surface area contributed by atoms with Gasteiger partial charge >= 0.3 is 0 Å². The van der Waals surface area contributed by atoms with Crippen LogP contribution in [-0.2, 0) is 6.42 Å². The first-order valence-electron chi connectivity index (χ1n) is 6.89. The summed E-state index contributed by atoms with van der Waals surface area (Å²) in [6.45, 7) is 2.68. The number of carbonyl (C=O) groups is 1. The van der Waals surface area contributed by atoms with Crippen molar-refractivity contribution in [1.82, 2.24) is 9.88 Å². The molecule has 5 heteroatoms. The summed E-state index contributed by atoms with van der Waals surface area (Å²) >= 11 is 1.48. The van der Waals surface area contributed by atoms with Crippen LogP contribution >= 0.6 is 11.3 Å². The van der Waals surface area contributed by atoms with Crippen LogP contribution in [0, 0.1) is 11.3 Å². The number of hydrogen-bond acceptors (Lipinski definition) is 4. The van der Waals surface area contributed by atoms with Crippen LogP contribution in [0.2, 0.25) is 0 Å². The summed E-state index contributed by atoms with van der Waals surface area (Å²) < 4.78 is 0.